The van der Waals surface area contributed by atoms with Gasteiger partial charge < -0.3 is 20.5 Å². The Hall–Kier alpha value is -2.24. The van der Waals surface area contributed by atoms with E-state index < -0.39 is 12.1 Å². The fourth-order valence-corrected chi connectivity index (χ4v) is 1.44. The Kier molecular flexibility index (Phi) is 5.17. The lowest BCUT2D eigenvalue weighted by Crippen LogP contribution is -2.35. The summed E-state index contributed by atoms with van der Waals surface area (Å²) in [6, 6.07) is 4.54. The molecule has 6 nitrogen and oxygen atoms in total. The molecule has 1 amide bonds. The summed E-state index contributed by atoms with van der Waals surface area (Å²) >= 11 is 0. The van der Waals surface area contributed by atoms with Gasteiger partial charge in [-0.15, -0.1) is 0 Å². The molecule has 0 bridgehead atoms. The molecule has 0 saturated carbocycles. The summed E-state index contributed by atoms with van der Waals surface area (Å²) in [5.74, 6) is -0.546. The lowest BCUT2D eigenvalue weighted by Gasteiger charge is -2.13. The van der Waals surface area contributed by atoms with Gasteiger partial charge in [0, 0.05) is 6.54 Å². The number of nitrogens with one attached hydrogen (secondary N) is 1. The SMILES string of the molecule is CCNC(=O)C(C)OC(=O)c1ccc(N)c(OC)c1. The van der Waals surface area contributed by atoms with Crippen LogP contribution >= 0.6 is 0 Å². The summed E-state index contributed by atoms with van der Waals surface area (Å²) in [5, 5.41) is 2.57. The number of likely N-dealkylation sites (N-methyl/N-ethyl adjacent to an activating group) is 1. The van der Waals surface area contributed by atoms with Crippen LogP contribution in [0.5, 0.6) is 5.75 Å². The second-order valence-electron chi connectivity index (χ2n) is 3.90. The Morgan fingerprint density at radius 3 is 2.68 bits per heavy atom. The van der Waals surface area contributed by atoms with Crippen LogP contribution in [0.25, 0.3) is 0 Å². The number of nitrogens with two attached hydrogens (primary N) is 1. The molecule has 1 rings (SSSR count). The largest absolute Gasteiger partial charge is 0.495 e. The first-order valence-corrected chi connectivity index (χ1v) is 5.91. The minimum absolute atomic E-state index is 0.280. The highest BCUT2D eigenvalue weighted by Crippen LogP contribution is 2.22. The van der Waals surface area contributed by atoms with Crippen LogP contribution in [0.2, 0.25) is 0 Å². The Morgan fingerprint density at radius 2 is 2.11 bits per heavy atom. The number of carbonyl (C=O) groups is 2. The summed E-state index contributed by atoms with van der Waals surface area (Å²) < 4.78 is 10.1. The van der Waals surface area contributed by atoms with E-state index in [1.165, 1.54) is 26.2 Å². The number of carbonyl (C=O) groups excluding carboxylic acids is 2. The maximum absolute atomic E-state index is 11.8. The Morgan fingerprint density at radius 1 is 1.42 bits per heavy atom. The van der Waals surface area contributed by atoms with Crippen molar-refractivity contribution in [2.75, 3.05) is 19.4 Å². The van der Waals surface area contributed by atoms with Crippen LogP contribution in [-0.4, -0.2) is 31.6 Å². The molecule has 0 heterocycles. The average Bonchev–Trinajstić information content (AvgIpc) is 2.39. The van der Waals surface area contributed by atoms with Gasteiger partial charge in [-0.05, 0) is 32.0 Å². The van der Waals surface area contributed by atoms with E-state index in [9.17, 15) is 9.59 Å². The Bertz CT molecular complexity index is 474. The van der Waals surface area contributed by atoms with E-state index in [4.69, 9.17) is 15.2 Å². The van der Waals surface area contributed by atoms with Crippen molar-refractivity contribution < 1.29 is 19.1 Å². The number of hydrogen-bond acceptors (Lipinski definition) is 5. The molecule has 0 radical (unpaired) electrons. The summed E-state index contributed by atoms with van der Waals surface area (Å²) in [5.41, 5.74) is 6.35. The third kappa shape index (κ3) is 3.87. The minimum atomic E-state index is -0.851. The molecule has 1 atom stereocenters. The third-order valence-corrected chi connectivity index (χ3v) is 2.47. The number of anilines is 1. The van der Waals surface area contributed by atoms with Crippen molar-refractivity contribution in [2.45, 2.75) is 20.0 Å². The molecule has 0 aromatic heterocycles. The number of benzene rings is 1. The number of esters is 1. The van der Waals surface area contributed by atoms with E-state index in [1.54, 1.807) is 13.0 Å². The van der Waals surface area contributed by atoms with Crippen LogP contribution in [0.15, 0.2) is 18.2 Å². The Balaban J connectivity index is 2.75. The van der Waals surface area contributed by atoms with Crippen LogP contribution in [0.3, 0.4) is 0 Å². The number of ether oxygens (including phenoxy) is 2. The zero-order valence-corrected chi connectivity index (χ0v) is 11.2. The normalized spacial score (nSPS) is 11.5. The van der Waals surface area contributed by atoms with Crippen LogP contribution in [0, 0.1) is 0 Å². The van der Waals surface area contributed by atoms with Crippen molar-refractivity contribution in [3.8, 4) is 5.75 Å². The number of nitrogen functional groups attached to an aromatic ring is 1. The van der Waals surface area contributed by atoms with Crippen LogP contribution in [0.1, 0.15) is 24.2 Å². The van der Waals surface area contributed by atoms with Gasteiger partial charge in [-0.3, -0.25) is 4.79 Å². The van der Waals surface area contributed by atoms with Crippen LogP contribution < -0.4 is 15.8 Å². The summed E-state index contributed by atoms with van der Waals surface area (Å²) in [6.07, 6.45) is -0.851. The molecular weight excluding hydrogens is 248 g/mol. The number of hydrogen-bond donors (Lipinski definition) is 2. The van der Waals surface area contributed by atoms with Gasteiger partial charge >= 0.3 is 5.97 Å². The maximum Gasteiger partial charge on any atom is 0.339 e. The molecular formula is C13H18N2O4. The van der Waals surface area contributed by atoms with Gasteiger partial charge in [0.25, 0.3) is 5.91 Å². The third-order valence-electron chi connectivity index (χ3n) is 2.47. The van der Waals surface area contributed by atoms with Crippen molar-refractivity contribution in [2.24, 2.45) is 0 Å². The van der Waals surface area contributed by atoms with E-state index in [2.05, 4.69) is 5.32 Å². The van der Waals surface area contributed by atoms with E-state index in [1.807, 2.05) is 0 Å². The standard InChI is InChI=1S/C13H18N2O4/c1-4-15-12(16)8(2)19-13(17)9-5-6-10(14)11(7-9)18-3/h5-8H,4,14H2,1-3H3,(H,15,16). The average molecular weight is 266 g/mol. The molecule has 0 aliphatic rings. The predicted octanol–water partition coefficient (Wildman–Crippen LogP) is 0.959. The smallest absolute Gasteiger partial charge is 0.339 e. The topological polar surface area (TPSA) is 90.7 Å². The molecule has 1 aromatic carbocycles. The van der Waals surface area contributed by atoms with Gasteiger partial charge in [0.15, 0.2) is 6.10 Å². The van der Waals surface area contributed by atoms with E-state index in [0.29, 0.717) is 18.0 Å². The zero-order valence-electron chi connectivity index (χ0n) is 11.2. The molecule has 0 saturated heterocycles. The fourth-order valence-electron chi connectivity index (χ4n) is 1.44. The summed E-state index contributed by atoms with van der Waals surface area (Å²) in [6.45, 7) is 3.78. The first-order valence-electron chi connectivity index (χ1n) is 5.91. The molecule has 1 aromatic rings. The highest BCUT2D eigenvalue weighted by Gasteiger charge is 2.18. The van der Waals surface area contributed by atoms with Gasteiger partial charge in [0.2, 0.25) is 0 Å². The van der Waals surface area contributed by atoms with E-state index >= 15 is 0 Å². The fraction of sp³-hybridized carbons (Fsp3) is 0.385. The van der Waals surface area contributed by atoms with E-state index in [0.717, 1.165) is 0 Å². The van der Waals surface area contributed by atoms with Gasteiger partial charge in [-0.1, -0.05) is 0 Å². The van der Waals surface area contributed by atoms with Crippen molar-refractivity contribution in [1.82, 2.24) is 5.32 Å². The number of amides is 1. The molecule has 0 spiro atoms. The lowest BCUT2D eigenvalue weighted by molar-refractivity contribution is -0.128. The Labute approximate surface area is 111 Å². The highest BCUT2D eigenvalue weighted by atomic mass is 16.5. The molecule has 0 fully saturated rings. The van der Waals surface area contributed by atoms with E-state index in [-0.39, 0.29) is 11.5 Å². The van der Waals surface area contributed by atoms with Gasteiger partial charge in [0.05, 0.1) is 18.4 Å². The van der Waals surface area contributed by atoms with Gasteiger partial charge in [-0.25, -0.2) is 4.79 Å². The molecule has 1 unspecified atom stereocenters. The quantitative estimate of drug-likeness (QED) is 0.612. The highest BCUT2D eigenvalue weighted by molar-refractivity contribution is 5.93. The van der Waals surface area contributed by atoms with Gasteiger partial charge in [-0.2, -0.15) is 0 Å². The van der Waals surface area contributed by atoms with Crippen molar-refractivity contribution in [3.05, 3.63) is 23.8 Å². The summed E-state index contributed by atoms with van der Waals surface area (Å²) in [7, 11) is 1.46. The first kappa shape index (κ1) is 14.8. The summed E-state index contributed by atoms with van der Waals surface area (Å²) in [4.78, 5) is 23.3. The lowest BCUT2D eigenvalue weighted by atomic mass is 10.2. The maximum atomic E-state index is 11.8. The molecule has 0 aliphatic heterocycles. The first-order chi connectivity index (χ1) is 8.99. The minimum Gasteiger partial charge on any atom is -0.495 e. The van der Waals surface area contributed by atoms with Gasteiger partial charge in [0.1, 0.15) is 5.75 Å². The van der Waals surface area contributed by atoms with Crippen molar-refractivity contribution in [3.63, 3.8) is 0 Å². The second kappa shape index (κ2) is 6.63. The second-order valence-corrected chi connectivity index (χ2v) is 3.90. The zero-order chi connectivity index (χ0) is 14.4. The molecule has 3 N–H and O–H groups in total. The number of rotatable bonds is 5. The monoisotopic (exact) mass is 266 g/mol. The van der Waals surface area contributed by atoms with Crippen LogP contribution in [0.4, 0.5) is 5.69 Å². The molecule has 19 heavy (non-hydrogen) atoms. The molecule has 0 aliphatic carbocycles. The number of methoxy groups -OCH3 is 1. The van der Waals surface area contributed by atoms with Crippen molar-refractivity contribution >= 4 is 17.6 Å². The van der Waals surface area contributed by atoms with Crippen LogP contribution in [-0.2, 0) is 9.53 Å². The molecule has 6 heteroatoms. The van der Waals surface area contributed by atoms with Crippen molar-refractivity contribution in [1.29, 1.82) is 0 Å². The predicted molar refractivity (Wildman–Crippen MR) is 71.0 cm³/mol. The molecule has 104 valence electrons.